The van der Waals surface area contributed by atoms with E-state index in [-0.39, 0.29) is 5.78 Å². The van der Waals surface area contributed by atoms with E-state index >= 15 is 0 Å². The first-order chi connectivity index (χ1) is 8.72. The van der Waals surface area contributed by atoms with Crippen LogP contribution in [0.25, 0.3) is 0 Å². The zero-order chi connectivity index (χ0) is 12.6. The zero-order valence-electron chi connectivity index (χ0n) is 9.97. The summed E-state index contributed by atoms with van der Waals surface area (Å²) in [5.74, 6) is -0.185. The summed E-state index contributed by atoms with van der Waals surface area (Å²) in [4.78, 5) is 12.5. The van der Waals surface area contributed by atoms with E-state index in [4.69, 9.17) is 0 Å². The number of aryl methyl sites for hydroxylation is 1. The summed E-state index contributed by atoms with van der Waals surface area (Å²) in [6.07, 6.45) is 1.18. The molecule has 0 heterocycles. The molecule has 0 saturated heterocycles. The van der Waals surface area contributed by atoms with Crippen LogP contribution in [-0.4, -0.2) is 10.9 Å². The van der Waals surface area contributed by atoms with Gasteiger partial charge in [0.25, 0.3) is 0 Å². The van der Waals surface area contributed by atoms with Gasteiger partial charge in [-0.2, -0.15) is 0 Å². The van der Waals surface area contributed by atoms with Gasteiger partial charge in [0.1, 0.15) is 0 Å². The van der Waals surface area contributed by atoms with Gasteiger partial charge in [0, 0.05) is 5.56 Å². The standard InChI is InChI=1S/C16H14O2/c17-15-14-9-5-4-6-12(14)10-11-16(15,18)13-7-2-1-3-8-13/h1-9,18H,10-11H2/t16-/m0/s1. The largest absolute Gasteiger partial charge is 0.377 e. The molecular formula is C16H14O2. The van der Waals surface area contributed by atoms with Gasteiger partial charge in [-0.15, -0.1) is 0 Å². The van der Waals surface area contributed by atoms with E-state index in [0.29, 0.717) is 17.5 Å². The number of hydrogen-bond acceptors (Lipinski definition) is 2. The number of rotatable bonds is 1. The van der Waals surface area contributed by atoms with Crippen LogP contribution in [0.2, 0.25) is 0 Å². The highest BCUT2D eigenvalue weighted by atomic mass is 16.3. The van der Waals surface area contributed by atoms with Gasteiger partial charge in [0.15, 0.2) is 11.4 Å². The number of benzene rings is 2. The van der Waals surface area contributed by atoms with Gasteiger partial charge in [0.05, 0.1) is 0 Å². The van der Waals surface area contributed by atoms with Crippen LogP contribution in [0.15, 0.2) is 54.6 Å². The molecule has 0 spiro atoms. The van der Waals surface area contributed by atoms with Crippen LogP contribution in [0.1, 0.15) is 27.9 Å². The van der Waals surface area contributed by atoms with E-state index in [1.807, 2.05) is 48.5 Å². The second kappa shape index (κ2) is 4.07. The summed E-state index contributed by atoms with van der Waals surface area (Å²) in [5, 5.41) is 10.7. The van der Waals surface area contributed by atoms with Gasteiger partial charge in [-0.25, -0.2) is 0 Å². The lowest BCUT2D eigenvalue weighted by Gasteiger charge is -2.32. The second-order valence-electron chi connectivity index (χ2n) is 4.71. The minimum absolute atomic E-state index is 0.185. The quantitative estimate of drug-likeness (QED) is 0.829. The average Bonchev–Trinajstić information content (AvgIpc) is 2.44. The number of ketones is 1. The lowest BCUT2D eigenvalue weighted by molar-refractivity contribution is 0.0222. The first-order valence-electron chi connectivity index (χ1n) is 6.12. The fraction of sp³-hybridized carbons (Fsp3) is 0.188. The molecule has 0 aliphatic heterocycles. The lowest BCUT2D eigenvalue weighted by atomic mass is 9.75. The molecule has 2 aromatic carbocycles. The van der Waals surface area contributed by atoms with Gasteiger partial charge in [-0.05, 0) is 24.0 Å². The van der Waals surface area contributed by atoms with Crippen LogP contribution < -0.4 is 0 Å². The van der Waals surface area contributed by atoms with Gasteiger partial charge in [-0.3, -0.25) is 4.79 Å². The van der Waals surface area contributed by atoms with E-state index in [1.165, 1.54) is 0 Å². The number of hydrogen-bond donors (Lipinski definition) is 1. The summed E-state index contributed by atoms with van der Waals surface area (Å²) in [6, 6.07) is 16.7. The monoisotopic (exact) mass is 238 g/mol. The van der Waals surface area contributed by atoms with Crippen molar-refractivity contribution in [1.29, 1.82) is 0 Å². The minimum atomic E-state index is -1.37. The Morgan fingerprint density at radius 1 is 0.944 bits per heavy atom. The predicted molar refractivity (Wildman–Crippen MR) is 69.4 cm³/mol. The maximum absolute atomic E-state index is 12.5. The zero-order valence-corrected chi connectivity index (χ0v) is 9.97. The van der Waals surface area contributed by atoms with E-state index < -0.39 is 5.60 Å². The molecule has 1 atom stereocenters. The molecule has 2 aromatic rings. The number of carbonyl (C=O) groups excluding carboxylic acids is 1. The minimum Gasteiger partial charge on any atom is -0.377 e. The van der Waals surface area contributed by atoms with Crippen molar-refractivity contribution in [2.75, 3.05) is 0 Å². The Kier molecular flexibility index (Phi) is 2.53. The van der Waals surface area contributed by atoms with Crippen molar-refractivity contribution in [3.8, 4) is 0 Å². The van der Waals surface area contributed by atoms with Crippen molar-refractivity contribution in [2.45, 2.75) is 18.4 Å². The van der Waals surface area contributed by atoms with E-state index in [2.05, 4.69) is 0 Å². The van der Waals surface area contributed by atoms with Crippen molar-refractivity contribution in [2.24, 2.45) is 0 Å². The van der Waals surface area contributed by atoms with Crippen molar-refractivity contribution in [3.63, 3.8) is 0 Å². The second-order valence-corrected chi connectivity index (χ2v) is 4.71. The number of Topliss-reactive ketones (excluding diaryl/α,β-unsaturated/α-hetero) is 1. The first kappa shape index (κ1) is 11.2. The Balaban J connectivity index is 2.10. The molecule has 90 valence electrons. The van der Waals surface area contributed by atoms with E-state index in [9.17, 15) is 9.90 Å². The fourth-order valence-electron chi connectivity index (χ4n) is 2.60. The molecule has 1 aliphatic carbocycles. The predicted octanol–water partition coefficient (Wildman–Crippen LogP) is 2.70. The number of aliphatic hydroxyl groups is 1. The average molecular weight is 238 g/mol. The van der Waals surface area contributed by atoms with Gasteiger partial charge in [-0.1, -0.05) is 54.6 Å². The summed E-state index contributed by atoms with van der Waals surface area (Å²) in [6.45, 7) is 0. The topological polar surface area (TPSA) is 37.3 Å². The van der Waals surface area contributed by atoms with Crippen molar-refractivity contribution >= 4 is 5.78 Å². The van der Waals surface area contributed by atoms with Crippen LogP contribution in [0, 0.1) is 0 Å². The van der Waals surface area contributed by atoms with Gasteiger partial charge >= 0.3 is 0 Å². The summed E-state index contributed by atoms with van der Waals surface area (Å²) in [7, 11) is 0. The van der Waals surface area contributed by atoms with Crippen LogP contribution >= 0.6 is 0 Å². The third-order valence-corrected chi connectivity index (χ3v) is 3.65. The molecule has 0 amide bonds. The molecule has 1 aliphatic rings. The summed E-state index contributed by atoms with van der Waals surface area (Å²) in [5.41, 5.74) is 0.998. The molecule has 0 unspecified atom stereocenters. The molecule has 2 nitrogen and oxygen atoms in total. The Morgan fingerprint density at radius 2 is 1.61 bits per heavy atom. The Labute approximate surface area is 106 Å². The van der Waals surface area contributed by atoms with E-state index in [0.717, 1.165) is 12.0 Å². The van der Waals surface area contributed by atoms with Crippen molar-refractivity contribution < 1.29 is 9.90 Å². The third-order valence-electron chi connectivity index (χ3n) is 3.65. The molecule has 0 bridgehead atoms. The summed E-state index contributed by atoms with van der Waals surface area (Å²) < 4.78 is 0. The fourth-order valence-corrected chi connectivity index (χ4v) is 2.60. The molecule has 18 heavy (non-hydrogen) atoms. The molecule has 0 aromatic heterocycles. The van der Waals surface area contributed by atoms with Gasteiger partial charge in [0.2, 0.25) is 0 Å². The van der Waals surface area contributed by atoms with Crippen LogP contribution in [0.4, 0.5) is 0 Å². The number of fused-ring (bicyclic) bond motifs is 1. The van der Waals surface area contributed by atoms with Crippen molar-refractivity contribution in [1.82, 2.24) is 0 Å². The molecule has 0 fully saturated rings. The van der Waals surface area contributed by atoms with Crippen molar-refractivity contribution in [3.05, 3.63) is 71.3 Å². The maximum atomic E-state index is 12.5. The molecule has 0 radical (unpaired) electrons. The maximum Gasteiger partial charge on any atom is 0.199 e. The highest BCUT2D eigenvalue weighted by Gasteiger charge is 2.41. The first-order valence-corrected chi connectivity index (χ1v) is 6.12. The highest BCUT2D eigenvalue weighted by molar-refractivity contribution is 6.05. The van der Waals surface area contributed by atoms with Crippen LogP contribution in [-0.2, 0) is 12.0 Å². The molecular weight excluding hydrogens is 224 g/mol. The Morgan fingerprint density at radius 3 is 2.39 bits per heavy atom. The molecule has 0 saturated carbocycles. The normalized spacial score (nSPS) is 22.6. The highest BCUT2D eigenvalue weighted by Crippen LogP contribution is 2.36. The SMILES string of the molecule is O=C1c2ccccc2CC[C@]1(O)c1ccccc1. The molecule has 3 rings (SSSR count). The van der Waals surface area contributed by atoms with Crippen LogP contribution in [0.5, 0.6) is 0 Å². The molecule has 2 heteroatoms. The Bertz CT molecular complexity index is 589. The molecule has 1 N–H and O–H groups in total. The van der Waals surface area contributed by atoms with Gasteiger partial charge < -0.3 is 5.11 Å². The smallest absolute Gasteiger partial charge is 0.199 e. The van der Waals surface area contributed by atoms with E-state index in [1.54, 1.807) is 6.07 Å². The lowest BCUT2D eigenvalue weighted by Crippen LogP contribution is -2.39. The Hall–Kier alpha value is -1.93. The number of carbonyl (C=O) groups is 1. The summed E-state index contributed by atoms with van der Waals surface area (Å²) >= 11 is 0. The van der Waals surface area contributed by atoms with Crippen LogP contribution in [0.3, 0.4) is 0 Å². The third kappa shape index (κ3) is 1.57.